The molecule has 0 radical (unpaired) electrons. The molecule has 4 atom stereocenters. The van der Waals surface area contributed by atoms with E-state index in [1.165, 1.54) is 0 Å². The standard InChI is InChI=1S/C10H23NOS/c1-6-10(11)9(5)13(12)8(4)7(2)3/h7-10H,6,11H2,1-5H3. The van der Waals surface area contributed by atoms with Gasteiger partial charge in [-0.15, -0.1) is 0 Å². The maximum atomic E-state index is 11.9. The third-order valence-electron chi connectivity index (χ3n) is 2.75. The van der Waals surface area contributed by atoms with Crippen LogP contribution in [-0.4, -0.2) is 20.8 Å². The molecular formula is C10H23NOS. The predicted molar refractivity (Wildman–Crippen MR) is 60.2 cm³/mol. The van der Waals surface area contributed by atoms with E-state index in [2.05, 4.69) is 13.8 Å². The Morgan fingerprint density at radius 1 is 1.15 bits per heavy atom. The Kier molecular flexibility index (Phi) is 5.81. The predicted octanol–water partition coefficient (Wildman–Crippen LogP) is 1.91. The van der Waals surface area contributed by atoms with Gasteiger partial charge in [0.1, 0.15) is 0 Å². The highest BCUT2D eigenvalue weighted by atomic mass is 32.2. The van der Waals surface area contributed by atoms with Crippen LogP contribution in [0.5, 0.6) is 0 Å². The molecule has 80 valence electrons. The molecule has 4 unspecified atom stereocenters. The summed E-state index contributed by atoms with van der Waals surface area (Å²) in [5.74, 6) is 0.465. The first-order valence-electron chi connectivity index (χ1n) is 5.06. The second-order valence-electron chi connectivity index (χ2n) is 4.05. The van der Waals surface area contributed by atoms with Gasteiger partial charge in [0, 0.05) is 27.3 Å². The van der Waals surface area contributed by atoms with Gasteiger partial charge in [-0.25, -0.2) is 0 Å². The lowest BCUT2D eigenvalue weighted by atomic mass is 10.1. The summed E-state index contributed by atoms with van der Waals surface area (Å²) >= 11 is 0. The number of hydrogen-bond donors (Lipinski definition) is 1. The highest BCUT2D eigenvalue weighted by Gasteiger charge is 2.24. The van der Waals surface area contributed by atoms with Crippen LogP contribution in [-0.2, 0) is 10.8 Å². The summed E-state index contributed by atoms with van der Waals surface area (Å²) < 4.78 is 11.9. The quantitative estimate of drug-likeness (QED) is 0.745. The van der Waals surface area contributed by atoms with Crippen molar-refractivity contribution in [3.63, 3.8) is 0 Å². The fourth-order valence-electron chi connectivity index (χ4n) is 1.11. The summed E-state index contributed by atoms with van der Waals surface area (Å²) in [7, 11) is -0.795. The van der Waals surface area contributed by atoms with Gasteiger partial charge in [0.25, 0.3) is 0 Å². The van der Waals surface area contributed by atoms with Crippen molar-refractivity contribution < 1.29 is 4.21 Å². The van der Waals surface area contributed by atoms with E-state index in [1.807, 2.05) is 20.8 Å². The molecule has 13 heavy (non-hydrogen) atoms. The van der Waals surface area contributed by atoms with E-state index in [1.54, 1.807) is 0 Å². The molecule has 0 fully saturated rings. The van der Waals surface area contributed by atoms with Gasteiger partial charge < -0.3 is 5.73 Å². The van der Waals surface area contributed by atoms with E-state index < -0.39 is 10.8 Å². The van der Waals surface area contributed by atoms with E-state index in [0.29, 0.717) is 5.92 Å². The summed E-state index contributed by atoms with van der Waals surface area (Å²) in [5.41, 5.74) is 5.86. The molecule has 0 spiro atoms. The van der Waals surface area contributed by atoms with Crippen LogP contribution in [0.2, 0.25) is 0 Å². The van der Waals surface area contributed by atoms with Crippen molar-refractivity contribution in [3.05, 3.63) is 0 Å². The Balaban J connectivity index is 4.25. The summed E-state index contributed by atoms with van der Waals surface area (Å²) in [5, 5.41) is 0.356. The van der Waals surface area contributed by atoms with Crippen molar-refractivity contribution in [2.24, 2.45) is 11.7 Å². The van der Waals surface area contributed by atoms with Gasteiger partial charge in [-0.1, -0.05) is 27.7 Å². The van der Waals surface area contributed by atoms with Crippen LogP contribution < -0.4 is 5.73 Å². The fraction of sp³-hybridized carbons (Fsp3) is 1.00. The molecule has 0 aromatic heterocycles. The molecule has 0 aromatic rings. The van der Waals surface area contributed by atoms with Crippen molar-refractivity contribution in [3.8, 4) is 0 Å². The highest BCUT2D eigenvalue weighted by Crippen LogP contribution is 2.15. The van der Waals surface area contributed by atoms with Gasteiger partial charge in [-0.3, -0.25) is 4.21 Å². The largest absolute Gasteiger partial charge is 0.327 e. The average Bonchev–Trinajstić information content (AvgIpc) is 2.12. The lowest BCUT2D eigenvalue weighted by molar-refractivity contribution is 0.572. The molecule has 0 aliphatic heterocycles. The van der Waals surface area contributed by atoms with E-state index in [9.17, 15) is 4.21 Å². The van der Waals surface area contributed by atoms with E-state index in [4.69, 9.17) is 5.73 Å². The molecule has 0 saturated carbocycles. The molecule has 0 bridgehead atoms. The summed E-state index contributed by atoms with van der Waals surface area (Å²) in [6, 6.07) is 0.0713. The first-order chi connectivity index (χ1) is 5.91. The Bertz CT molecular complexity index is 170. The van der Waals surface area contributed by atoms with Crippen LogP contribution in [0.1, 0.15) is 41.0 Å². The minimum absolute atomic E-state index is 0.0713. The van der Waals surface area contributed by atoms with Crippen LogP contribution >= 0.6 is 0 Å². The van der Waals surface area contributed by atoms with Crippen molar-refractivity contribution in [2.75, 3.05) is 0 Å². The lowest BCUT2D eigenvalue weighted by Gasteiger charge is -2.23. The first-order valence-corrected chi connectivity index (χ1v) is 6.34. The molecule has 3 heteroatoms. The first kappa shape index (κ1) is 13.1. The van der Waals surface area contributed by atoms with Crippen molar-refractivity contribution in [1.29, 1.82) is 0 Å². The zero-order valence-corrected chi connectivity index (χ0v) is 10.2. The molecule has 0 aromatic carbocycles. The Morgan fingerprint density at radius 3 is 1.92 bits per heavy atom. The van der Waals surface area contributed by atoms with Crippen molar-refractivity contribution in [2.45, 2.75) is 57.6 Å². The molecule has 0 aliphatic rings. The van der Waals surface area contributed by atoms with Crippen LogP contribution in [0.4, 0.5) is 0 Å². The minimum atomic E-state index is -0.795. The average molecular weight is 205 g/mol. The molecule has 0 aliphatic carbocycles. The SMILES string of the molecule is CCC(N)C(C)S(=O)C(C)C(C)C. The maximum absolute atomic E-state index is 11.9. The molecule has 0 amide bonds. The third kappa shape index (κ3) is 3.77. The van der Waals surface area contributed by atoms with Crippen LogP contribution in [0.3, 0.4) is 0 Å². The van der Waals surface area contributed by atoms with Gasteiger partial charge in [-0.2, -0.15) is 0 Å². The maximum Gasteiger partial charge on any atom is 0.0473 e. The smallest absolute Gasteiger partial charge is 0.0473 e. The molecule has 0 saturated heterocycles. The van der Waals surface area contributed by atoms with E-state index >= 15 is 0 Å². The minimum Gasteiger partial charge on any atom is -0.327 e. The summed E-state index contributed by atoms with van der Waals surface area (Å²) in [6.07, 6.45) is 0.901. The normalized spacial score (nSPS) is 21.2. The monoisotopic (exact) mass is 205 g/mol. The Morgan fingerprint density at radius 2 is 1.62 bits per heavy atom. The van der Waals surface area contributed by atoms with Gasteiger partial charge >= 0.3 is 0 Å². The van der Waals surface area contributed by atoms with Crippen LogP contribution in [0.15, 0.2) is 0 Å². The molecule has 2 nitrogen and oxygen atoms in total. The van der Waals surface area contributed by atoms with Gasteiger partial charge in [0.2, 0.25) is 0 Å². The number of rotatable bonds is 5. The Labute approximate surface area is 84.7 Å². The van der Waals surface area contributed by atoms with E-state index in [-0.39, 0.29) is 16.5 Å². The zero-order valence-electron chi connectivity index (χ0n) is 9.41. The van der Waals surface area contributed by atoms with E-state index in [0.717, 1.165) is 6.42 Å². The molecule has 0 heterocycles. The van der Waals surface area contributed by atoms with Crippen molar-refractivity contribution in [1.82, 2.24) is 0 Å². The second-order valence-corrected chi connectivity index (χ2v) is 6.20. The number of hydrogen-bond acceptors (Lipinski definition) is 2. The number of nitrogens with two attached hydrogens (primary N) is 1. The topological polar surface area (TPSA) is 43.1 Å². The van der Waals surface area contributed by atoms with Crippen molar-refractivity contribution >= 4 is 10.8 Å². The van der Waals surface area contributed by atoms with Crippen LogP contribution in [0.25, 0.3) is 0 Å². The Hall–Kier alpha value is 0.110. The molecule has 0 rings (SSSR count). The fourth-order valence-corrected chi connectivity index (χ4v) is 2.86. The highest BCUT2D eigenvalue weighted by molar-refractivity contribution is 7.86. The van der Waals surface area contributed by atoms with Gasteiger partial charge in [0.15, 0.2) is 0 Å². The summed E-state index contributed by atoms with van der Waals surface area (Å²) in [4.78, 5) is 0. The summed E-state index contributed by atoms with van der Waals surface area (Å²) in [6.45, 7) is 10.3. The zero-order chi connectivity index (χ0) is 10.6. The molecule has 2 N–H and O–H groups in total. The van der Waals surface area contributed by atoms with Crippen LogP contribution in [0, 0.1) is 5.92 Å². The van der Waals surface area contributed by atoms with Gasteiger partial charge in [0.05, 0.1) is 0 Å². The van der Waals surface area contributed by atoms with Gasteiger partial charge in [-0.05, 0) is 19.3 Å². The lowest BCUT2D eigenvalue weighted by Crippen LogP contribution is -2.39. The molecular weight excluding hydrogens is 182 g/mol. The third-order valence-corrected chi connectivity index (χ3v) is 5.11. The second kappa shape index (κ2) is 5.76.